The highest BCUT2D eigenvalue weighted by molar-refractivity contribution is 9.10. The summed E-state index contributed by atoms with van der Waals surface area (Å²) >= 11 is 3.06. The Hall–Kier alpha value is -0.940. The van der Waals surface area contributed by atoms with E-state index in [0.29, 0.717) is 6.54 Å². The molecule has 5 heteroatoms. The fourth-order valence-electron chi connectivity index (χ4n) is 1.54. The molecule has 0 aliphatic rings. The number of hydrogen-bond donors (Lipinski definition) is 2. The minimum absolute atomic E-state index is 0.0204. The molecule has 0 aliphatic carbocycles. The molecule has 18 heavy (non-hydrogen) atoms. The van der Waals surface area contributed by atoms with Crippen LogP contribution in [0.2, 0.25) is 0 Å². The van der Waals surface area contributed by atoms with Crippen LogP contribution in [0.5, 0.6) is 0 Å². The number of amides is 1. The lowest BCUT2D eigenvalue weighted by atomic mass is 9.86. The second-order valence-corrected chi connectivity index (χ2v) is 6.08. The topological polar surface area (TPSA) is 55.1 Å². The molecule has 0 fully saturated rings. The van der Waals surface area contributed by atoms with Crippen LogP contribution >= 0.6 is 15.9 Å². The molecule has 1 rings (SSSR count). The van der Waals surface area contributed by atoms with E-state index in [1.54, 1.807) is 12.1 Å². The SMILES string of the molecule is CC(C)(C)C(CN)NC(=O)c1cccc(Br)c1F. The van der Waals surface area contributed by atoms with Gasteiger partial charge in [-0.1, -0.05) is 26.8 Å². The van der Waals surface area contributed by atoms with E-state index in [1.807, 2.05) is 20.8 Å². The van der Waals surface area contributed by atoms with Crippen molar-refractivity contribution < 1.29 is 9.18 Å². The quantitative estimate of drug-likeness (QED) is 0.900. The first-order valence-electron chi connectivity index (χ1n) is 5.72. The number of rotatable bonds is 3. The number of nitrogens with two attached hydrogens (primary N) is 1. The summed E-state index contributed by atoms with van der Waals surface area (Å²) in [5.74, 6) is -1.00. The molecule has 0 radical (unpaired) electrons. The number of halogens is 2. The zero-order valence-corrected chi connectivity index (χ0v) is 12.3. The lowest BCUT2D eigenvalue weighted by molar-refractivity contribution is 0.0901. The van der Waals surface area contributed by atoms with Gasteiger partial charge in [0.05, 0.1) is 10.0 Å². The van der Waals surface area contributed by atoms with Gasteiger partial charge in [-0.25, -0.2) is 4.39 Å². The number of hydrogen-bond acceptors (Lipinski definition) is 2. The van der Waals surface area contributed by atoms with Gasteiger partial charge in [-0.15, -0.1) is 0 Å². The van der Waals surface area contributed by atoms with Crippen LogP contribution < -0.4 is 11.1 Å². The average Bonchev–Trinajstić information content (AvgIpc) is 2.27. The van der Waals surface area contributed by atoms with Gasteiger partial charge in [-0.3, -0.25) is 4.79 Å². The maximum Gasteiger partial charge on any atom is 0.254 e. The Balaban J connectivity index is 2.92. The van der Waals surface area contributed by atoms with Crippen molar-refractivity contribution in [2.45, 2.75) is 26.8 Å². The van der Waals surface area contributed by atoms with Crippen LogP contribution in [0.25, 0.3) is 0 Å². The van der Waals surface area contributed by atoms with E-state index >= 15 is 0 Å². The van der Waals surface area contributed by atoms with Crippen molar-refractivity contribution in [2.75, 3.05) is 6.54 Å². The van der Waals surface area contributed by atoms with Crippen molar-refractivity contribution in [3.05, 3.63) is 34.1 Å². The fourth-order valence-corrected chi connectivity index (χ4v) is 1.91. The van der Waals surface area contributed by atoms with Crippen molar-refractivity contribution in [3.8, 4) is 0 Å². The second kappa shape index (κ2) is 5.80. The predicted octanol–water partition coefficient (Wildman–Crippen LogP) is 2.69. The first kappa shape index (κ1) is 15.1. The Morgan fingerprint density at radius 3 is 2.61 bits per heavy atom. The average molecular weight is 317 g/mol. The molecular formula is C13H18BrFN2O. The van der Waals surface area contributed by atoms with Crippen LogP contribution in [-0.2, 0) is 0 Å². The molecule has 1 aromatic rings. The van der Waals surface area contributed by atoms with Crippen LogP contribution in [0.4, 0.5) is 4.39 Å². The Bertz CT molecular complexity index is 443. The van der Waals surface area contributed by atoms with Crippen molar-refractivity contribution in [3.63, 3.8) is 0 Å². The Kier molecular flexibility index (Phi) is 4.87. The molecule has 0 saturated heterocycles. The number of carbonyl (C=O) groups is 1. The van der Waals surface area contributed by atoms with Crippen molar-refractivity contribution in [1.29, 1.82) is 0 Å². The van der Waals surface area contributed by atoms with E-state index in [9.17, 15) is 9.18 Å². The normalized spacial score (nSPS) is 13.2. The zero-order valence-electron chi connectivity index (χ0n) is 10.8. The standard InChI is InChI=1S/C13H18BrFN2O/c1-13(2,3)10(7-16)17-12(18)8-5-4-6-9(14)11(8)15/h4-6,10H,7,16H2,1-3H3,(H,17,18). The molecule has 0 heterocycles. The zero-order chi connectivity index (χ0) is 13.9. The van der Waals surface area contributed by atoms with Crippen LogP contribution in [0, 0.1) is 11.2 Å². The summed E-state index contributed by atoms with van der Waals surface area (Å²) in [6, 6.07) is 4.42. The third-order valence-electron chi connectivity index (χ3n) is 2.78. The largest absolute Gasteiger partial charge is 0.347 e. The summed E-state index contributed by atoms with van der Waals surface area (Å²) in [5, 5.41) is 2.77. The van der Waals surface area contributed by atoms with Gasteiger partial charge >= 0.3 is 0 Å². The summed E-state index contributed by atoms with van der Waals surface area (Å²) in [5.41, 5.74) is 5.48. The minimum atomic E-state index is -0.556. The van der Waals surface area contributed by atoms with Crippen LogP contribution in [-0.4, -0.2) is 18.5 Å². The summed E-state index contributed by atoms with van der Waals surface area (Å²) in [7, 11) is 0. The smallest absolute Gasteiger partial charge is 0.254 e. The highest BCUT2D eigenvalue weighted by atomic mass is 79.9. The molecule has 0 saturated carbocycles. The van der Waals surface area contributed by atoms with E-state index in [4.69, 9.17) is 5.73 Å². The maximum atomic E-state index is 13.8. The van der Waals surface area contributed by atoms with E-state index in [0.717, 1.165) is 0 Å². The molecular weight excluding hydrogens is 299 g/mol. The molecule has 1 atom stereocenters. The molecule has 3 nitrogen and oxygen atoms in total. The van der Waals surface area contributed by atoms with Crippen molar-refractivity contribution in [1.82, 2.24) is 5.32 Å². The molecule has 0 bridgehead atoms. The molecule has 0 aliphatic heterocycles. The van der Waals surface area contributed by atoms with E-state index in [1.165, 1.54) is 6.07 Å². The van der Waals surface area contributed by atoms with Gasteiger partial charge in [0.25, 0.3) is 5.91 Å². The first-order valence-corrected chi connectivity index (χ1v) is 6.51. The van der Waals surface area contributed by atoms with Gasteiger partial charge in [0.1, 0.15) is 5.82 Å². The van der Waals surface area contributed by atoms with Gasteiger partial charge in [0.15, 0.2) is 0 Å². The molecule has 100 valence electrons. The van der Waals surface area contributed by atoms with Gasteiger partial charge in [0, 0.05) is 12.6 Å². The molecule has 0 spiro atoms. The summed E-state index contributed by atoms with van der Waals surface area (Å²) in [6.07, 6.45) is 0. The first-order chi connectivity index (χ1) is 8.27. The highest BCUT2D eigenvalue weighted by Crippen LogP contribution is 2.21. The Morgan fingerprint density at radius 2 is 2.11 bits per heavy atom. The third kappa shape index (κ3) is 3.53. The molecule has 3 N–H and O–H groups in total. The maximum absolute atomic E-state index is 13.8. The van der Waals surface area contributed by atoms with Crippen LogP contribution in [0.1, 0.15) is 31.1 Å². The van der Waals surface area contributed by atoms with E-state index in [2.05, 4.69) is 21.2 Å². The van der Waals surface area contributed by atoms with Crippen molar-refractivity contribution >= 4 is 21.8 Å². The van der Waals surface area contributed by atoms with E-state index < -0.39 is 11.7 Å². The summed E-state index contributed by atoms with van der Waals surface area (Å²) < 4.78 is 14.0. The van der Waals surface area contributed by atoms with Crippen molar-refractivity contribution in [2.24, 2.45) is 11.1 Å². The van der Waals surface area contributed by atoms with Gasteiger partial charge < -0.3 is 11.1 Å². The van der Waals surface area contributed by atoms with E-state index in [-0.39, 0.29) is 21.5 Å². The monoisotopic (exact) mass is 316 g/mol. The van der Waals surface area contributed by atoms with Gasteiger partial charge in [-0.05, 0) is 33.5 Å². The number of carbonyl (C=O) groups excluding carboxylic acids is 1. The van der Waals surface area contributed by atoms with Crippen LogP contribution in [0.15, 0.2) is 22.7 Å². The molecule has 1 amide bonds. The molecule has 1 unspecified atom stereocenters. The Morgan fingerprint density at radius 1 is 1.50 bits per heavy atom. The Labute approximate surface area is 115 Å². The van der Waals surface area contributed by atoms with Gasteiger partial charge in [-0.2, -0.15) is 0 Å². The summed E-state index contributed by atoms with van der Waals surface area (Å²) in [6.45, 7) is 6.23. The highest BCUT2D eigenvalue weighted by Gasteiger charge is 2.26. The number of benzene rings is 1. The second-order valence-electron chi connectivity index (χ2n) is 5.23. The fraction of sp³-hybridized carbons (Fsp3) is 0.462. The summed E-state index contributed by atoms with van der Waals surface area (Å²) in [4.78, 5) is 12.0. The van der Waals surface area contributed by atoms with Gasteiger partial charge in [0.2, 0.25) is 0 Å². The number of nitrogens with one attached hydrogen (secondary N) is 1. The minimum Gasteiger partial charge on any atom is -0.347 e. The predicted molar refractivity (Wildman–Crippen MR) is 73.9 cm³/mol. The lowest BCUT2D eigenvalue weighted by Crippen LogP contribution is -2.48. The third-order valence-corrected chi connectivity index (χ3v) is 3.40. The molecule has 0 aromatic heterocycles. The molecule has 1 aromatic carbocycles. The lowest BCUT2D eigenvalue weighted by Gasteiger charge is -2.30. The van der Waals surface area contributed by atoms with Crippen LogP contribution in [0.3, 0.4) is 0 Å².